The van der Waals surface area contributed by atoms with Crippen molar-refractivity contribution in [3.8, 4) is 6.07 Å². The van der Waals surface area contributed by atoms with Crippen molar-refractivity contribution >= 4 is 10.8 Å². The number of aryl methyl sites for hydroxylation is 1. The molecule has 154 valence electrons. The van der Waals surface area contributed by atoms with Crippen molar-refractivity contribution in [2.45, 2.75) is 64.2 Å². The Balaban J connectivity index is 1.54. The lowest BCUT2D eigenvalue weighted by atomic mass is 9.79. The predicted molar refractivity (Wildman–Crippen MR) is 118 cm³/mol. The number of hydrogen-bond donors (Lipinski definition) is 0. The average Bonchev–Trinajstić information content (AvgIpc) is 2.76. The monoisotopic (exact) mass is 403 g/mol. The molecule has 0 aliphatic heterocycles. The van der Waals surface area contributed by atoms with Gasteiger partial charge < -0.3 is 0 Å². The largest absolute Gasteiger partial charge is 0.205 e. The first-order valence-corrected chi connectivity index (χ1v) is 11.0. The normalized spacial score (nSPS) is 15.7. The molecular formula is C27H27F2N. The van der Waals surface area contributed by atoms with Gasteiger partial charge in [0, 0.05) is 0 Å². The number of nitrogens with zero attached hydrogens (tertiary/aromatic N) is 1. The highest BCUT2D eigenvalue weighted by Gasteiger charge is 2.26. The number of halogens is 2. The van der Waals surface area contributed by atoms with Crippen molar-refractivity contribution < 1.29 is 8.78 Å². The quantitative estimate of drug-likeness (QED) is 0.394. The summed E-state index contributed by atoms with van der Waals surface area (Å²) in [6, 6.07) is 16.3. The van der Waals surface area contributed by atoms with Crippen LogP contribution in [-0.4, -0.2) is 0 Å². The molecule has 1 atom stereocenters. The molecule has 1 unspecified atom stereocenters. The molecule has 0 N–H and O–H groups in total. The Kier molecular flexibility index (Phi) is 6.13. The molecule has 0 spiro atoms. The summed E-state index contributed by atoms with van der Waals surface area (Å²) in [5, 5.41) is 11.5. The predicted octanol–water partition coefficient (Wildman–Crippen LogP) is 7.38. The lowest BCUT2D eigenvalue weighted by molar-refractivity contribution is 0.520. The highest BCUT2D eigenvalue weighted by atomic mass is 19.1. The van der Waals surface area contributed by atoms with E-state index in [-0.39, 0.29) is 5.92 Å². The van der Waals surface area contributed by atoms with Crippen LogP contribution in [0.1, 0.15) is 72.8 Å². The third-order valence-electron chi connectivity index (χ3n) is 6.45. The van der Waals surface area contributed by atoms with E-state index in [1.165, 1.54) is 53.6 Å². The second-order valence-electron chi connectivity index (χ2n) is 8.49. The van der Waals surface area contributed by atoms with Crippen LogP contribution < -0.4 is 0 Å². The Morgan fingerprint density at radius 2 is 1.80 bits per heavy atom. The summed E-state index contributed by atoms with van der Waals surface area (Å²) in [6.07, 6.45) is 8.15. The van der Waals surface area contributed by atoms with Crippen LogP contribution in [0, 0.1) is 23.0 Å². The fourth-order valence-corrected chi connectivity index (χ4v) is 4.71. The Bertz CT molecular complexity index is 1110. The van der Waals surface area contributed by atoms with E-state index in [0.717, 1.165) is 12.8 Å². The van der Waals surface area contributed by atoms with Crippen LogP contribution in [0.3, 0.4) is 0 Å². The Hall–Kier alpha value is -2.73. The van der Waals surface area contributed by atoms with Crippen molar-refractivity contribution in [3.05, 3.63) is 81.9 Å². The van der Waals surface area contributed by atoms with Crippen molar-refractivity contribution in [1.29, 1.82) is 5.26 Å². The summed E-state index contributed by atoms with van der Waals surface area (Å²) >= 11 is 0. The minimum atomic E-state index is -0.751. The Labute approximate surface area is 177 Å². The van der Waals surface area contributed by atoms with Gasteiger partial charge in [-0.1, -0.05) is 62.6 Å². The number of unbranched alkanes of at least 4 members (excludes halogenated alkanes) is 3. The zero-order valence-corrected chi connectivity index (χ0v) is 17.5. The van der Waals surface area contributed by atoms with Crippen molar-refractivity contribution in [2.24, 2.45) is 0 Å². The van der Waals surface area contributed by atoms with E-state index in [0.29, 0.717) is 24.0 Å². The molecule has 30 heavy (non-hydrogen) atoms. The molecule has 0 radical (unpaired) electrons. The molecule has 0 amide bonds. The maximum absolute atomic E-state index is 14.5. The summed E-state index contributed by atoms with van der Waals surface area (Å²) in [4.78, 5) is 0. The first-order valence-electron chi connectivity index (χ1n) is 11.0. The standard InChI is InChI=1S/C27H27F2N/c1-2-3-4-5-6-18-7-8-20-14-21(10-9-19(20)13-18)22-11-12-24-23(15-22)16-26(28)25(17-30)27(24)29/h7-10,13-14,16,22H,2-6,11-12,15H2,1H3. The van der Waals surface area contributed by atoms with Crippen LogP contribution in [0.4, 0.5) is 8.78 Å². The number of hydrogen-bond acceptors (Lipinski definition) is 1. The Morgan fingerprint density at radius 1 is 1.00 bits per heavy atom. The first kappa shape index (κ1) is 20.5. The average molecular weight is 404 g/mol. The van der Waals surface area contributed by atoms with E-state index in [2.05, 4.69) is 43.3 Å². The molecule has 0 heterocycles. The SMILES string of the molecule is CCCCCCc1ccc2cc(C3CCc4c(cc(F)c(C#N)c4F)C3)ccc2c1. The molecule has 1 aliphatic rings. The van der Waals surface area contributed by atoms with Gasteiger partial charge in [-0.15, -0.1) is 0 Å². The maximum Gasteiger partial charge on any atom is 0.147 e. The lowest BCUT2D eigenvalue weighted by Crippen LogP contribution is -2.16. The summed E-state index contributed by atoms with van der Waals surface area (Å²) in [5.74, 6) is -1.18. The number of benzene rings is 3. The number of rotatable bonds is 6. The van der Waals surface area contributed by atoms with Gasteiger partial charge in [0.05, 0.1) is 0 Å². The molecule has 0 bridgehead atoms. The van der Waals surface area contributed by atoms with E-state index in [1.54, 1.807) is 6.07 Å². The van der Waals surface area contributed by atoms with Crippen LogP contribution in [0.25, 0.3) is 10.8 Å². The molecule has 0 saturated carbocycles. The van der Waals surface area contributed by atoms with Gasteiger partial charge in [-0.3, -0.25) is 0 Å². The number of fused-ring (bicyclic) bond motifs is 2. The van der Waals surface area contributed by atoms with E-state index in [4.69, 9.17) is 5.26 Å². The summed E-state index contributed by atoms with van der Waals surface area (Å²) in [6.45, 7) is 2.23. The minimum Gasteiger partial charge on any atom is -0.205 e. The molecule has 1 nitrogen and oxygen atoms in total. The first-order chi connectivity index (χ1) is 14.6. The fourth-order valence-electron chi connectivity index (χ4n) is 4.71. The third kappa shape index (κ3) is 4.10. The molecule has 1 aliphatic carbocycles. The topological polar surface area (TPSA) is 23.8 Å². The van der Waals surface area contributed by atoms with Gasteiger partial charge >= 0.3 is 0 Å². The van der Waals surface area contributed by atoms with Crippen LogP contribution in [-0.2, 0) is 19.3 Å². The highest BCUT2D eigenvalue weighted by Crippen LogP contribution is 2.36. The van der Waals surface area contributed by atoms with Crippen LogP contribution in [0.5, 0.6) is 0 Å². The van der Waals surface area contributed by atoms with Gasteiger partial charge in [0.2, 0.25) is 0 Å². The van der Waals surface area contributed by atoms with Gasteiger partial charge in [-0.05, 0) is 77.1 Å². The van der Waals surface area contributed by atoms with E-state index >= 15 is 0 Å². The molecule has 0 aromatic heterocycles. The smallest absolute Gasteiger partial charge is 0.147 e. The molecule has 3 heteroatoms. The van der Waals surface area contributed by atoms with Crippen LogP contribution >= 0.6 is 0 Å². The van der Waals surface area contributed by atoms with Crippen molar-refractivity contribution in [1.82, 2.24) is 0 Å². The zero-order chi connectivity index (χ0) is 21.1. The van der Waals surface area contributed by atoms with Crippen LogP contribution in [0.2, 0.25) is 0 Å². The van der Waals surface area contributed by atoms with E-state index in [9.17, 15) is 8.78 Å². The second kappa shape index (κ2) is 8.96. The Morgan fingerprint density at radius 3 is 2.60 bits per heavy atom. The molecule has 3 aromatic carbocycles. The van der Waals surface area contributed by atoms with Gasteiger partial charge in [0.15, 0.2) is 0 Å². The molecular weight excluding hydrogens is 376 g/mol. The molecule has 0 saturated heterocycles. The maximum atomic E-state index is 14.5. The lowest BCUT2D eigenvalue weighted by Gasteiger charge is -2.26. The zero-order valence-electron chi connectivity index (χ0n) is 17.5. The molecule has 0 fully saturated rings. The minimum absolute atomic E-state index is 0.238. The van der Waals surface area contributed by atoms with E-state index in [1.807, 2.05) is 0 Å². The molecule has 3 aromatic rings. The summed E-state index contributed by atoms with van der Waals surface area (Å²) < 4.78 is 28.5. The van der Waals surface area contributed by atoms with Crippen molar-refractivity contribution in [2.75, 3.05) is 0 Å². The molecule has 4 rings (SSSR count). The summed E-state index contributed by atoms with van der Waals surface area (Å²) in [7, 11) is 0. The van der Waals surface area contributed by atoms with E-state index < -0.39 is 17.2 Å². The van der Waals surface area contributed by atoms with Gasteiger partial charge in [0.25, 0.3) is 0 Å². The fraction of sp³-hybridized carbons (Fsp3) is 0.370. The van der Waals surface area contributed by atoms with Gasteiger partial charge in [-0.2, -0.15) is 5.26 Å². The number of nitriles is 1. The van der Waals surface area contributed by atoms with Gasteiger partial charge in [0.1, 0.15) is 23.3 Å². The third-order valence-corrected chi connectivity index (χ3v) is 6.45. The second-order valence-corrected chi connectivity index (χ2v) is 8.49. The highest BCUT2D eigenvalue weighted by molar-refractivity contribution is 5.84. The van der Waals surface area contributed by atoms with Gasteiger partial charge in [-0.25, -0.2) is 8.78 Å². The van der Waals surface area contributed by atoms with Crippen LogP contribution in [0.15, 0.2) is 42.5 Å². The summed E-state index contributed by atoms with van der Waals surface area (Å²) in [5.41, 5.74) is 3.36. The van der Waals surface area contributed by atoms with Crippen molar-refractivity contribution in [3.63, 3.8) is 0 Å².